The molecule has 0 aliphatic carbocycles. The molecule has 0 amide bonds. The highest BCUT2D eigenvalue weighted by atomic mass is 35.5. The van der Waals surface area contributed by atoms with Gasteiger partial charge in [0.2, 0.25) is 0 Å². The summed E-state index contributed by atoms with van der Waals surface area (Å²) in [6.07, 6.45) is -0.361. The van der Waals surface area contributed by atoms with Crippen molar-refractivity contribution in [3.05, 3.63) is 23.2 Å². The number of carboxylic acids is 1. The first-order valence-electron chi connectivity index (χ1n) is 4.77. The second-order valence-corrected chi connectivity index (χ2v) is 5.23. The summed E-state index contributed by atoms with van der Waals surface area (Å²) in [7, 11) is -4.27. The van der Waals surface area contributed by atoms with Crippen molar-refractivity contribution in [2.24, 2.45) is 0 Å². The Labute approximate surface area is 114 Å². The minimum Gasteiger partial charge on any atom is -0.481 e. The van der Waals surface area contributed by atoms with Crippen molar-refractivity contribution in [1.82, 2.24) is 0 Å². The SMILES string of the molecule is CC(=O)CC(=O)O.Nc1ccc(Cl)c(S(=O)(=O)O)c1. The van der Waals surface area contributed by atoms with Gasteiger partial charge in [0.05, 0.1) is 5.02 Å². The predicted octanol–water partition coefficient (Wildman–Crippen LogP) is 1.22. The molecule has 9 heteroatoms. The van der Waals surface area contributed by atoms with Crippen molar-refractivity contribution in [3.63, 3.8) is 0 Å². The van der Waals surface area contributed by atoms with E-state index in [1.54, 1.807) is 0 Å². The number of aliphatic carboxylic acids is 1. The number of carbonyl (C=O) groups is 2. The molecule has 1 aromatic carbocycles. The third-order valence-electron chi connectivity index (χ3n) is 1.63. The van der Waals surface area contributed by atoms with E-state index < -0.39 is 16.1 Å². The Morgan fingerprint density at radius 2 is 1.89 bits per heavy atom. The normalized spacial score (nSPS) is 10.3. The molecule has 0 bridgehead atoms. The van der Waals surface area contributed by atoms with Gasteiger partial charge >= 0.3 is 5.97 Å². The summed E-state index contributed by atoms with van der Waals surface area (Å²) in [4.78, 5) is 19.1. The Morgan fingerprint density at radius 3 is 2.16 bits per heavy atom. The van der Waals surface area contributed by atoms with Gasteiger partial charge in [0.15, 0.2) is 0 Å². The van der Waals surface area contributed by atoms with E-state index in [1.807, 2.05) is 0 Å². The van der Waals surface area contributed by atoms with E-state index in [1.165, 1.54) is 19.1 Å². The van der Waals surface area contributed by atoms with Crippen LogP contribution in [0.4, 0.5) is 5.69 Å². The van der Waals surface area contributed by atoms with Crippen LogP contribution in [0.15, 0.2) is 23.1 Å². The highest BCUT2D eigenvalue weighted by Gasteiger charge is 2.13. The Bertz CT molecular complexity index is 572. The van der Waals surface area contributed by atoms with Gasteiger partial charge in [-0.05, 0) is 25.1 Å². The minimum absolute atomic E-state index is 0.0494. The topological polar surface area (TPSA) is 135 Å². The van der Waals surface area contributed by atoms with Crippen LogP contribution in [0, 0.1) is 0 Å². The number of anilines is 1. The second-order valence-electron chi connectivity index (χ2n) is 3.44. The van der Waals surface area contributed by atoms with Crippen molar-refractivity contribution in [3.8, 4) is 0 Å². The number of rotatable bonds is 3. The standard InChI is InChI=1S/C6H6ClNO3S.C4H6O3/c7-5-2-1-4(8)3-6(5)12(9,10)11;1-3(5)2-4(6)7/h1-3H,8H2,(H,9,10,11);2H2,1H3,(H,6,7). The number of hydrogen-bond donors (Lipinski definition) is 3. The maximum atomic E-state index is 10.6. The summed E-state index contributed by atoms with van der Waals surface area (Å²) in [6, 6.07) is 3.84. The number of halogens is 1. The summed E-state index contributed by atoms with van der Waals surface area (Å²) >= 11 is 5.49. The fourth-order valence-corrected chi connectivity index (χ4v) is 1.94. The lowest BCUT2D eigenvalue weighted by Crippen LogP contribution is -2.00. The molecule has 1 aromatic rings. The smallest absolute Gasteiger partial charge is 0.310 e. The summed E-state index contributed by atoms with van der Waals surface area (Å²) in [6.45, 7) is 1.24. The zero-order valence-corrected chi connectivity index (χ0v) is 11.4. The van der Waals surface area contributed by atoms with Gasteiger partial charge in [0.1, 0.15) is 17.1 Å². The molecule has 0 saturated carbocycles. The molecule has 19 heavy (non-hydrogen) atoms. The van der Waals surface area contributed by atoms with Crippen LogP contribution in [-0.2, 0) is 19.7 Å². The number of carboxylic acid groups (broad SMARTS) is 1. The molecule has 0 aliphatic heterocycles. The Balaban J connectivity index is 0.000000399. The second kappa shape index (κ2) is 7.07. The molecule has 7 nitrogen and oxygen atoms in total. The molecule has 1 rings (SSSR count). The molecule has 0 radical (unpaired) electrons. The van der Waals surface area contributed by atoms with Gasteiger partial charge in [0.25, 0.3) is 10.1 Å². The lowest BCUT2D eigenvalue weighted by atomic mass is 10.3. The average Bonchev–Trinajstić information content (AvgIpc) is 2.19. The zero-order valence-electron chi connectivity index (χ0n) is 9.83. The summed E-state index contributed by atoms with van der Waals surface area (Å²) in [5, 5.41) is 7.81. The van der Waals surface area contributed by atoms with Crippen LogP contribution in [0.25, 0.3) is 0 Å². The monoisotopic (exact) mass is 309 g/mol. The first-order valence-corrected chi connectivity index (χ1v) is 6.59. The molecule has 0 fully saturated rings. The van der Waals surface area contributed by atoms with Crippen molar-refractivity contribution in [2.75, 3.05) is 5.73 Å². The zero-order chi connectivity index (χ0) is 15.2. The van der Waals surface area contributed by atoms with E-state index >= 15 is 0 Å². The molecule has 0 unspecified atom stereocenters. The van der Waals surface area contributed by atoms with Gasteiger partial charge in [-0.3, -0.25) is 14.1 Å². The van der Waals surface area contributed by atoms with Crippen LogP contribution in [0.3, 0.4) is 0 Å². The summed E-state index contributed by atoms with van der Waals surface area (Å²) < 4.78 is 29.9. The van der Waals surface area contributed by atoms with E-state index in [2.05, 4.69) is 0 Å². The number of benzene rings is 1. The fraction of sp³-hybridized carbons (Fsp3) is 0.200. The maximum absolute atomic E-state index is 10.6. The van der Waals surface area contributed by atoms with Crippen molar-refractivity contribution < 1.29 is 27.7 Å². The molecule has 0 saturated heterocycles. The van der Waals surface area contributed by atoms with Crippen LogP contribution >= 0.6 is 11.6 Å². The number of hydrogen-bond acceptors (Lipinski definition) is 5. The highest BCUT2D eigenvalue weighted by molar-refractivity contribution is 7.86. The van der Waals surface area contributed by atoms with Crippen LogP contribution in [0.2, 0.25) is 5.02 Å². The lowest BCUT2D eigenvalue weighted by molar-refractivity contribution is -0.139. The Morgan fingerprint density at radius 1 is 1.37 bits per heavy atom. The molecule has 0 aromatic heterocycles. The molecule has 4 N–H and O–H groups in total. The third kappa shape index (κ3) is 7.39. The predicted molar refractivity (Wildman–Crippen MR) is 68.6 cm³/mol. The summed E-state index contributed by atoms with van der Waals surface area (Å²) in [5.41, 5.74) is 5.52. The molecule has 0 heterocycles. The van der Waals surface area contributed by atoms with Gasteiger partial charge in [-0.15, -0.1) is 0 Å². The average molecular weight is 310 g/mol. The molecule has 0 aliphatic rings. The quantitative estimate of drug-likeness (QED) is 0.434. The number of nitrogen functional groups attached to an aromatic ring is 1. The first kappa shape index (κ1) is 17.4. The molecule has 0 spiro atoms. The maximum Gasteiger partial charge on any atom is 0.310 e. The van der Waals surface area contributed by atoms with E-state index in [-0.39, 0.29) is 27.8 Å². The van der Waals surface area contributed by atoms with Crippen LogP contribution < -0.4 is 5.73 Å². The van der Waals surface area contributed by atoms with Gasteiger partial charge in [-0.25, -0.2) is 0 Å². The first-order chi connectivity index (χ1) is 8.54. The van der Waals surface area contributed by atoms with Crippen LogP contribution in [0.5, 0.6) is 0 Å². The molecule has 106 valence electrons. The molecular weight excluding hydrogens is 298 g/mol. The van der Waals surface area contributed by atoms with Crippen LogP contribution in [0.1, 0.15) is 13.3 Å². The van der Waals surface area contributed by atoms with Gasteiger partial charge in [-0.2, -0.15) is 8.42 Å². The van der Waals surface area contributed by atoms with Gasteiger partial charge in [0, 0.05) is 5.69 Å². The van der Waals surface area contributed by atoms with Crippen molar-refractivity contribution >= 4 is 39.2 Å². The summed E-state index contributed by atoms with van der Waals surface area (Å²) in [5.74, 6) is -1.37. The lowest BCUT2D eigenvalue weighted by Gasteiger charge is -2.00. The van der Waals surface area contributed by atoms with E-state index in [0.717, 1.165) is 6.07 Å². The number of nitrogens with two attached hydrogens (primary N) is 1. The Hall–Kier alpha value is -1.64. The van der Waals surface area contributed by atoms with Crippen molar-refractivity contribution in [1.29, 1.82) is 0 Å². The fourth-order valence-electron chi connectivity index (χ4n) is 0.931. The largest absolute Gasteiger partial charge is 0.481 e. The minimum atomic E-state index is -4.27. The molecule has 0 atom stereocenters. The Kier molecular flexibility index (Phi) is 6.46. The number of Topliss-reactive ketones (excluding diaryl/α,β-unsaturated/α-hetero) is 1. The third-order valence-corrected chi connectivity index (χ3v) is 2.97. The van der Waals surface area contributed by atoms with E-state index in [4.69, 9.17) is 27.0 Å². The number of carbonyl (C=O) groups excluding carboxylic acids is 1. The highest BCUT2D eigenvalue weighted by Crippen LogP contribution is 2.22. The van der Waals surface area contributed by atoms with Crippen molar-refractivity contribution in [2.45, 2.75) is 18.2 Å². The number of ketones is 1. The molecular formula is C10H12ClNO6S. The van der Waals surface area contributed by atoms with Gasteiger partial charge in [-0.1, -0.05) is 11.6 Å². The van der Waals surface area contributed by atoms with E-state index in [9.17, 15) is 18.0 Å². The van der Waals surface area contributed by atoms with Crippen LogP contribution in [-0.4, -0.2) is 29.8 Å². The van der Waals surface area contributed by atoms with Gasteiger partial charge < -0.3 is 10.8 Å². The van der Waals surface area contributed by atoms with E-state index in [0.29, 0.717) is 0 Å².